The Morgan fingerprint density at radius 1 is 1.08 bits per heavy atom. The van der Waals surface area contributed by atoms with E-state index in [1.54, 1.807) is 13.0 Å². The van der Waals surface area contributed by atoms with Crippen LogP contribution in [-0.4, -0.2) is 17.0 Å². The summed E-state index contributed by atoms with van der Waals surface area (Å²) in [5.74, 6) is -0.871. The minimum Gasteiger partial charge on any atom is -0.478 e. The van der Waals surface area contributed by atoms with E-state index in [0.29, 0.717) is 22.1 Å². The molecular weight excluding hydrogens is 350 g/mol. The Kier molecular flexibility index (Phi) is 5.62. The SMILES string of the molecule is Cc1cc(Cl)cc(C(=O)O)c1NC(=O)c1ccc(C2CCCCC2)cc1. The molecule has 2 N–H and O–H groups in total. The van der Waals surface area contributed by atoms with Gasteiger partial charge >= 0.3 is 5.97 Å². The third-order valence-electron chi connectivity index (χ3n) is 5.02. The van der Waals surface area contributed by atoms with Gasteiger partial charge in [0.2, 0.25) is 0 Å². The van der Waals surface area contributed by atoms with Gasteiger partial charge in [-0.1, -0.05) is 43.0 Å². The van der Waals surface area contributed by atoms with Crippen molar-refractivity contribution < 1.29 is 14.7 Å². The van der Waals surface area contributed by atoms with Crippen molar-refractivity contribution in [2.75, 3.05) is 5.32 Å². The van der Waals surface area contributed by atoms with Crippen LogP contribution in [0, 0.1) is 6.92 Å². The van der Waals surface area contributed by atoms with Crippen LogP contribution in [0.15, 0.2) is 36.4 Å². The van der Waals surface area contributed by atoms with Crippen LogP contribution in [0.25, 0.3) is 0 Å². The van der Waals surface area contributed by atoms with E-state index < -0.39 is 5.97 Å². The summed E-state index contributed by atoms with van der Waals surface area (Å²) >= 11 is 5.93. The van der Waals surface area contributed by atoms with Crippen molar-refractivity contribution in [1.29, 1.82) is 0 Å². The van der Waals surface area contributed by atoms with Crippen LogP contribution in [0.4, 0.5) is 5.69 Å². The number of anilines is 1. The lowest BCUT2D eigenvalue weighted by Crippen LogP contribution is -2.16. The highest BCUT2D eigenvalue weighted by molar-refractivity contribution is 6.31. The van der Waals surface area contributed by atoms with E-state index in [9.17, 15) is 14.7 Å². The molecular formula is C21H22ClNO3. The van der Waals surface area contributed by atoms with Gasteiger partial charge in [0.1, 0.15) is 0 Å². The number of carboxylic acids is 1. The molecule has 5 heteroatoms. The smallest absolute Gasteiger partial charge is 0.337 e. The highest BCUT2D eigenvalue weighted by Crippen LogP contribution is 2.32. The Bertz CT molecular complexity index is 824. The molecule has 0 saturated heterocycles. The maximum Gasteiger partial charge on any atom is 0.337 e. The fourth-order valence-electron chi connectivity index (χ4n) is 3.61. The lowest BCUT2D eigenvalue weighted by atomic mass is 9.84. The van der Waals surface area contributed by atoms with Crippen molar-refractivity contribution in [2.24, 2.45) is 0 Å². The Labute approximate surface area is 158 Å². The molecule has 2 aromatic carbocycles. The van der Waals surface area contributed by atoms with Gasteiger partial charge in [-0.2, -0.15) is 0 Å². The summed E-state index contributed by atoms with van der Waals surface area (Å²) in [5.41, 5.74) is 2.66. The van der Waals surface area contributed by atoms with Gasteiger partial charge in [0.05, 0.1) is 11.3 Å². The van der Waals surface area contributed by atoms with Crippen LogP contribution in [0.2, 0.25) is 5.02 Å². The number of aromatic carboxylic acids is 1. The topological polar surface area (TPSA) is 66.4 Å². The number of hydrogen-bond acceptors (Lipinski definition) is 2. The van der Waals surface area contributed by atoms with E-state index >= 15 is 0 Å². The number of halogens is 1. The molecule has 0 spiro atoms. The normalized spacial score (nSPS) is 14.8. The van der Waals surface area contributed by atoms with E-state index in [2.05, 4.69) is 5.32 Å². The first-order valence-electron chi connectivity index (χ1n) is 8.90. The van der Waals surface area contributed by atoms with Gasteiger partial charge in [0.15, 0.2) is 0 Å². The predicted octanol–water partition coefficient (Wildman–Crippen LogP) is 5.65. The summed E-state index contributed by atoms with van der Waals surface area (Å²) < 4.78 is 0. The Morgan fingerprint density at radius 3 is 2.35 bits per heavy atom. The lowest BCUT2D eigenvalue weighted by molar-refractivity contribution is 0.0698. The second-order valence-electron chi connectivity index (χ2n) is 6.86. The van der Waals surface area contributed by atoms with Crippen molar-refractivity contribution in [3.8, 4) is 0 Å². The maximum absolute atomic E-state index is 12.6. The van der Waals surface area contributed by atoms with E-state index in [1.807, 2.05) is 24.3 Å². The first kappa shape index (κ1) is 18.5. The summed E-state index contributed by atoms with van der Waals surface area (Å²) in [6, 6.07) is 10.6. The second kappa shape index (κ2) is 7.92. The van der Waals surface area contributed by atoms with E-state index in [-0.39, 0.29) is 17.2 Å². The van der Waals surface area contributed by atoms with Crippen LogP contribution < -0.4 is 5.32 Å². The molecule has 0 unspecified atom stereocenters. The van der Waals surface area contributed by atoms with Crippen molar-refractivity contribution in [3.05, 3.63) is 63.7 Å². The molecule has 0 bridgehead atoms. The van der Waals surface area contributed by atoms with Gasteiger partial charge in [-0.15, -0.1) is 0 Å². The van der Waals surface area contributed by atoms with Crippen LogP contribution >= 0.6 is 11.6 Å². The van der Waals surface area contributed by atoms with Gasteiger partial charge in [0.25, 0.3) is 5.91 Å². The highest BCUT2D eigenvalue weighted by atomic mass is 35.5. The van der Waals surface area contributed by atoms with Crippen LogP contribution in [0.1, 0.15) is 69.9 Å². The molecule has 0 aromatic heterocycles. The highest BCUT2D eigenvalue weighted by Gasteiger charge is 2.18. The van der Waals surface area contributed by atoms with Gasteiger partial charge in [-0.05, 0) is 61.1 Å². The Balaban J connectivity index is 1.79. The quantitative estimate of drug-likeness (QED) is 0.730. The molecule has 3 rings (SSSR count). The zero-order chi connectivity index (χ0) is 18.7. The van der Waals surface area contributed by atoms with Gasteiger partial charge in [-0.3, -0.25) is 4.79 Å². The average molecular weight is 372 g/mol. The maximum atomic E-state index is 12.6. The number of carbonyl (C=O) groups excluding carboxylic acids is 1. The first-order chi connectivity index (χ1) is 12.5. The summed E-state index contributed by atoms with van der Waals surface area (Å²) in [5, 5.41) is 12.4. The standard InChI is InChI=1S/C21H22ClNO3/c1-13-11-17(22)12-18(21(25)26)19(13)23-20(24)16-9-7-15(8-10-16)14-5-3-2-4-6-14/h7-12,14H,2-6H2,1H3,(H,23,24)(H,25,26). The van der Waals surface area contributed by atoms with Gasteiger partial charge in [0, 0.05) is 10.6 Å². The van der Waals surface area contributed by atoms with Crippen LogP contribution in [0.3, 0.4) is 0 Å². The number of amides is 1. The van der Waals surface area contributed by atoms with E-state index in [1.165, 1.54) is 43.7 Å². The number of carboxylic acid groups (broad SMARTS) is 1. The number of hydrogen-bond donors (Lipinski definition) is 2. The van der Waals surface area contributed by atoms with Crippen molar-refractivity contribution in [1.82, 2.24) is 0 Å². The summed E-state index contributed by atoms with van der Waals surface area (Å²) in [4.78, 5) is 24.0. The van der Waals surface area contributed by atoms with Crippen LogP contribution in [-0.2, 0) is 0 Å². The Morgan fingerprint density at radius 2 is 1.73 bits per heavy atom. The minimum absolute atomic E-state index is 0.0119. The number of nitrogens with one attached hydrogen (secondary N) is 1. The molecule has 1 aliphatic carbocycles. The molecule has 0 radical (unpaired) electrons. The number of aryl methyl sites for hydroxylation is 1. The molecule has 26 heavy (non-hydrogen) atoms. The van der Waals surface area contributed by atoms with Crippen molar-refractivity contribution in [2.45, 2.75) is 44.9 Å². The molecule has 0 aliphatic heterocycles. The molecule has 4 nitrogen and oxygen atoms in total. The zero-order valence-corrected chi connectivity index (χ0v) is 15.5. The number of carbonyl (C=O) groups is 2. The zero-order valence-electron chi connectivity index (χ0n) is 14.7. The minimum atomic E-state index is -1.13. The molecule has 1 fully saturated rings. The molecule has 1 saturated carbocycles. The molecule has 2 aromatic rings. The fraction of sp³-hybridized carbons (Fsp3) is 0.333. The summed E-state index contributed by atoms with van der Waals surface area (Å²) in [6.45, 7) is 1.72. The van der Waals surface area contributed by atoms with Crippen molar-refractivity contribution in [3.63, 3.8) is 0 Å². The lowest BCUT2D eigenvalue weighted by Gasteiger charge is -2.22. The Hall–Kier alpha value is -2.33. The molecule has 0 heterocycles. The van der Waals surface area contributed by atoms with Gasteiger partial charge in [-0.25, -0.2) is 4.79 Å². The summed E-state index contributed by atoms with van der Waals surface area (Å²) in [6.07, 6.45) is 6.25. The van der Waals surface area contributed by atoms with Gasteiger partial charge < -0.3 is 10.4 Å². The summed E-state index contributed by atoms with van der Waals surface area (Å²) in [7, 11) is 0. The van der Waals surface area contributed by atoms with Crippen molar-refractivity contribution >= 4 is 29.2 Å². The molecule has 0 atom stereocenters. The monoisotopic (exact) mass is 371 g/mol. The number of benzene rings is 2. The van der Waals surface area contributed by atoms with E-state index in [4.69, 9.17) is 11.6 Å². The molecule has 1 amide bonds. The fourth-order valence-corrected chi connectivity index (χ4v) is 3.88. The molecule has 1 aliphatic rings. The second-order valence-corrected chi connectivity index (χ2v) is 7.30. The largest absolute Gasteiger partial charge is 0.478 e. The third kappa shape index (κ3) is 4.07. The molecule has 136 valence electrons. The average Bonchev–Trinajstić information content (AvgIpc) is 2.64. The first-order valence-corrected chi connectivity index (χ1v) is 9.28. The predicted molar refractivity (Wildman–Crippen MR) is 103 cm³/mol. The van der Waals surface area contributed by atoms with Crippen LogP contribution in [0.5, 0.6) is 0 Å². The van der Waals surface area contributed by atoms with E-state index in [0.717, 1.165) is 0 Å². The third-order valence-corrected chi connectivity index (χ3v) is 5.24. The number of rotatable bonds is 4.